The molecule has 0 radical (unpaired) electrons. The molecule has 0 fully saturated rings. The van der Waals surface area contributed by atoms with Gasteiger partial charge in [-0.2, -0.15) is 0 Å². The standard InChI is InChI=1S/C47H54Si/c1-6-7-8-9-10-11-18-33-48(4,5)47-35-39(34-45(40-19-14-12-15-20-40)42-28-23-37(2)24-29-42)27-32-44(47)36-46(41-21-16-13-17-22-41)43-30-25-38(3)26-31-43/h12-17,19-32,34-36H,6-11,18,33H2,1-5H3. The highest BCUT2D eigenvalue weighted by atomic mass is 28.3. The quantitative estimate of drug-likeness (QED) is 0.0603. The lowest BCUT2D eigenvalue weighted by atomic mass is 9.93. The predicted molar refractivity (Wildman–Crippen MR) is 216 cm³/mol. The minimum Gasteiger partial charge on any atom is -0.0654 e. The molecule has 0 amide bonds. The molecule has 0 saturated heterocycles. The summed E-state index contributed by atoms with van der Waals surface area (Å²) in [4.78, 5) is 0. The topological polar surface area (TPSA) is 0 Å². The number of unbranched alkanes of at least 4 members (excludes halogenated alkanes) is 6. The largest absolute Gasteiger partial charge is 0.0814 e. The molecule has 0 aliphatic heterocycles. The van der Waals surface area contributed by atoms with E-state index in [9.17, 15) is 0 Å². The Bertz CT molecular complexity index is 1770. The molecule has 0 bridgehead atoms. The van der Waals surface area contributed by atoms with Crippen molar-refractivity contribution >= 4 is 36.6 Å². The first-order valence-electron chi connectivity index (χ1n) is 18.2. The Balaban J connectivity index is 1.60. The Morgan fingerprint density at radius 3 is 1.48 bits per heavy atom. The van der Waals surface area contributed by atoms with Crippen LogP contribution in [0.1, 0.15) is 96.4 Å². The molecule has 0 N–H and O–H groups in total. The molecule has 0 heterocycles. The van der Waals surface area contributed by atoms with Gasteiger partial charge in [-0.25, -0.2) is 0 Å². The Morgan fingerprint density at radius 1 is 0.500 bits per heavy atom. The van der Waals surface area contributed by atoms with E-state index in [2.05, 4.69) is 173 Å². The fraction of sp³-hybridized carbons (Fsp3) is 0.277. The molecule has 0 spiro atoms. The Labute approximate surface area is 292 Å². The molecule has 48 heavy (non-hydrogen) atoms. The van der Waals surface area contributed by atoms with Crippen LogP contribution in [0.15, 0.2) is 127 Å². The number of rotatable bonds is 15. The van der Waals surface area contributed by atoms with Crippen molar-refractivity contribution in [1.29, 1.82) is 0 Å². The van der Waals surface area contributed by atoms with Crippen LogP contribution in [0.25, 0.3) is 23.3 Å². The van der Waals surface area contributed by atoms with Crippen molar-refractivity contribution in [1.82, 2.24) is 0 Å². The van der Waals surface area contributed by atoms with Gasteiger partial charge in [-0.15, -0.1) is 0 Å². The fourth-order valence-electron chi connectivity index (χ4n) is 6.72. The van der Waals surface area contributed by atoms with Gasteiger partial charge in [0, 0.05) is 0 Å². The Morgan fingerprint density at radius 2 is 0.958 bits per heavy atom. The van der Waals surface area contributed by atoms with Gasteiger partial charge in [-0.05, 0) is 70.5 Å². The zero-order valence-electron chi connectivity index (χ0n) is 29.9. The normalized spacial score (nSPS) is 12.4. The van der Waals surface area contributed by atoms with Crippen molar-refractivity contribution < 1.29 is 0 Å². The highest BCUT2D eigenvalue weighted by Gasteiger charge is 2.26. The number of benzene rings is 5. The van der Waals surface area contributed by atoms with E-state index in [0.29, 0.717) is 0 Å². The van der Waals surface area contributed by atoms with Crippen LogP contribution in [-0.2, 0) is 0 Å². The first kappa shape index (κ1) is 35.1. The molecule has 0 saturated carbocycles. The molecule has 1 heteroatoms. The van der Waals surface area contributed by atoms with Gasteiger partial charge in [-0.1, -0.05) is 215 Å². The second-order valence-corrected chi connectivity index (χ2v) is 19.0. The summed E-state index contributed by atoms with van der Waals surface area (Å²) in [7, 11) is -1.80. The lowest BCUT2D eigenvalue weighted by molar-refractivity contribution is 0.600. The van der Waals surface area contributed by atoms with Crippen molar-refractivity contribution in [3.63, 3.8) is 0 Å². The average Bonchev–Trinajstić information content (AvgIpc) is 3.11. The van der Waals surface area contributed by atoms with E-state index < -0.39 is 8.07 Å². The molecular weight excluding hydrogens is 593 g/mol. The van der Waals surface area contributed by atoms with Crippen LogP contribution in [0.5, 0.6) is 0 Å². The van der Waals surface area contributed by atoms with Gasteiger partial charge in [-0.3, -0.25) is 0 Å². The summed E-state index contributed by atoms with van der Waals surface area (Å²) in [5, 5.41) is 1.55. The molecule has 0 aliphatic carbocycles. The van der Waals surface area contributed by atoms with E-state index in [1.165, 1.54) is 107 Å². The molecule has 0 atom stereocenters. The highest BCUT2D eigenvalue weighted by Crippen LogP contribution is 2.30. The van der Waals surface area contributed by atoms with E-state index in [1.54, 1.807) is 5.19 Å². The second-order valence-electron chi connectivity index (χ2n) is 14.2. The molecule has 0 aromatic heterocycles. The summed E-state index contributed by atoms with van der Waals surface area (Å²) >= 11 is 0. The summed E-state index contributed by atoms with van der Waals surface area (Å²) in [5.41, 5.74) is 12.8. The van der Waals surface area contributed by atoms with Crippen LogP contribution in [0.4, 0.5) is 0 Å². The van der Waals surface area contributed by atoms with Gasteiger partial charge >= 0.3 is 0 Å². The smallest absolute Gasteiger partial charge is 0.0654 e. The third kappa shape index (κ3) is 9.67. The van der Waals surface area contributed by atoms with Crippen LogP contribution >= 0.6 is 0 Å². The maximum atomic E-state index is 2.59. The summed E-state index contributed by atoms with van der Waals surface area (Å²) in [5.74, 6) is 0. The Kier molecular flexibility index (Phi) is 12.6. The van der Waals surface area contributed by atoms with Crippen molar-refractivity contribution in [3.8, 4) is 0 Å². The van der Waals surface area contributed by atoms with Crippen molar-refractivity contribution in [2.75, 3.05) is 0 Å². The van der Waals surface area contributed by atoms with E-state index in [0.717, 1.165) is 0 Å². The molecule has 0 aliphatic rings. The fourth-order valence-corrected chi connectivity index (χ4v) is 9.62. The number of hydrogen-bond acceptors (Lipinski definition) is 0. The lowest BCUT2D eigenvalue weighted by Crippen LogP contribution is -2.43. The number of aryl methyl sites for hydroxylation is 2. The second kappa shape index (κ2) is 17.3. The van der Waals surface area contributed by atoms with Crippen molar-refractivity contribution in [2.45, 2.75) is 84.9 Å². The summed E-state index contributed by atoms with van der Waals surface area (Å²) < 4.78 is 0. The predicted octanol–water partition coefficient (Wildman–Crippen LogP) is 13.1. The maximum Gasteiger partial charge on any atom is 0.0814 e. The van der Waals surface area contributed by atoms with Crippen molar-refractivity contribution in [2.24, 2.45) is 0 Å². The molecular formula is C47H54Si. The minimum absolute atomic E-state index is 1.25. The van der Waals surface area contributed by atoms with Crippen LogP contribution in [0.2, 0.25) is 19.1 Å². The van der Waals surface area contributed by atoms with Crippen molar-refractivity contribution in [3.05, 3.63) is 172 Å². The molecule has 0 unspecified atom stereocenters. The van der Waals surface area contributed by atoms with E-state index in [4.69, 9.17) is 0 Å². The minimum atomic E-state index is -1.80. The molecule has 5 rings (SSSR count). The van der Waals surface area contributed by atoms with Gasteiger partial charge in [0.25, 0.3) is 0 Å². The van der Waals surface area contributed by atoms with Gasteiger partial charge in [0.1, 0.15) is 0 Å². The average molecular weight is 647 g/mol. The zero-order valence-corrected chi connectivity index (χ0v) is 30.9. The van der Waals surface area contributed by atoms with Gasteiger partial charge in [0.15, 0.2) is 0 Å². The maximum absolute atomic E-state index is 2.59. The van der Waals surface area contributed by atoms with Crippen LogP contribution in [0.3, 0.4) is 0 Å². The van der Waals surface area contributed by atoms with Gasteiger partial charge < -0.3 is 0 Å². The van der Waals surface area contributed by atoms with Crippen LogP contribution in [0, 0.1) is 13.8 Å². The summed E-state index contributed by atoms with van der Waals surface area (Å²) in [6.07, 6.45) is 14.3. The molecule has 5 aromatic carbocycles. The molecule has 5 aromatic rings. The first-order valence-corrected chi connectivity index (χ1v) is 21.4. The summed E-state index contributed by atoms with van der Waals surface area (Å²) in [6.45, 7) is 11.8. The van der Waals surface area contributed by atoms with Crippen LogP contribution < -0.4 is 5.19 Å². The highest BCUT2D eigenvalue weighted by molar-refractivity contribution is 6.90. The van der Waals surface area contributed by atoms with E-state index in [-0.39, 0.29) is 0 Å². The number of hydrogen-bond donors (Lipinski definition) is 0. The van der Waals surface area contributed by atoms with Crippen LogP contribution in [-0.4, -0.2) is 8.07 Å². The monoisotopic (exact) mass is 646 g/mol. The summed E-state index contributed by atoms with van der Waals surface area (Å²) in [6, 6.07) is 48.3. The third-order valence-electron chi connectivity index (χ3n) is 9.72. The SMILES string of the molecule is CCCCCCCCC[Si](C)(C)c1cc(C=C(c2ccccc2)c2ccc(C)cc2)ccc1C=C(c1ccccc1)c1ccc(C)cc1. The Hall–Kier alpha value is -4.20. The zero-order chi connectivity index (χ0) is 33.8. The lowest BCUT2D eigenvalue weighted by Gasteiger charge is -2.26. The third-order valence-corrected chi connectivity index (χ3v) is 13.2. The van der Waals surface area contributed by atoms with E-state index >= 15 is 0 Å². The molecule has 246 valence electrons. The van der Waals surface area contributed by atoms with Gasteiger partial charge in [0.2, 0.25) is 0 Å². The first-order chi connectivity index (χ1) is 23.3. The molecule has 0 nitrogen and oxygen atoms in total. The van der Waals surface area contributed by atoms with E-state index in [1.807, 2.05) is 0 Å². The van der Waals surface area contributed by atoms with Gasteiger partial charge in [0.05, 0.1) is 8.07 Å².